The SMILES string of the molecule is COC(=O)CCC(=O)Nc1ccc2nc(N)sc2c1. The molecule has 7 heteroatoms. The third kappa shape index (κ3) is 3.41. The number of methoxy groups -OCH3 is 1. The molecule has 1 aromatic carbocycles. The molecule has 3 N–H and O–H groups in total. The number of nitrogens with one attached hydrogen (secondary N) is 1. The molecule has 0 saturated heterocycles. The first-order valence-corrected chi connectivity index (χ1v) is 6.43. The number of esters is 1. The molecule has 2 aromatic rings. The normalized spacial score (nSPS) is 10.4. The van der Waals surface area contributed by atoms with Crippen molar-refractivity contribution in [1.29, 1.82) is 0 Å². The minimum atomic E-state index is -0.402. The van der Waals surface area contributed by atoms with E-state index in [1.807, 2.05) is 0 Å². The van der Waals surface area contributed by atoms with E-state index in [9.17, 15) is 9.59 Å². The summed E-state index contributed by atoms with van der Waals surface area (Å²) in [7, 11) is 1.29. The molecule has 0 aliphatic heterocycles. The molecule has 0 unspecified atom stereocenters. The molecule has 0 bridgehead atoms. The van der Waals surface area contributed by atoms with E-state index in [0.29, 0.717) is 10.8 Å². The van der Waals surface area contributed by atoms with Gasteiger partial charge in [-0.3, -0.25) is 9.59 Å². The van der Waals surface area contributed by atoms with Crippen LogP contribution in [0.25, 0.3) is 10.2 Å². The number of rotatable bonds is 4. The van der Waals surface area contributed by atoms with Crippen molar-refractivity contribution in [1.82, 2.24) is 4.98 Å². The Morgan fingerprint density at radius 3 is 2.95 bits per heavy atom. The summed E-state index contributed by atoms with van der Waals surface area (Å²) in [6.07, 6.45) is 0.160. The van der Waals surface area contributed by atoms with Gasteiger partial charge in [-0.25, -0.2) is 4.98 Å². The van der Waals surface area contributed by atoms with Crippen molar-refractivity contribution in [2.45, 2.75) is 12.8 Å². The van der Waals surface area contributed by atoms with Gasteiger partial charge in [-0.2, -0.15) is 0 Å². The quantitative estimate of drug-likeness (QED) is 0.832. The lowest BCUT2D eigenvalue weighted by molar-refractivity contribution is -0.141. The maximum absolute atomic E-state index is 11.6. The lowest BCUT2D eigenvalue weighted by atomic mass is 10.2. The summed E-state index contributed by atoms with van der Waals surface area (Å²) in [6.45, 7) is 0. The van der Waals surface area contributed by atoms with Gasteiger partial charge in [-0.1, -0.05) is 11.3 Å². The maximum atomic E-state index is 11.6. The van der Waals surface area contributed by atoms with Gasteiger partial charge in [0.1, 0.15) is 0 Å². The Bertz CT molecular complexity index is 624. The fourth-order valence-corrected chi connectivity index (χ4v) is 2.33. The highest BCUT2D eigenvalue weighted by molar-refractivity contribution is 7.22. The number of nitrogen functional groups attached to an aromatic ring is 1. The van der Waals surface area contributed by atoms with Gasteiger partial charge in [-0.15, -0.1) is 0 Å². The second kappa shape index (κ2) is 5.66. The third-order valence-electron chi connectivity index (χ3n) is 2.47. The number of thiazole rings is 1. The van der Waals surface area contributed by atoms with E-state index >= 15 is 0 Å². The molecule has 1 aromatic heterocycles. The van der Waals surface area contributed by atoms with Gasteiger partial charge in [-0.05, 0) is 18.2 Å². The summed E-state index contributed by atoms with van der Waals surface area (Å²) in [5.41, 5.74) is 7.07. The van der Waals surface area contributed by atoms with E-state index in [-0.39, 0.29) is 18.7 Å². The van der Waals surface area contributed by atoms with Crippen LogP contribution in [0.4, 0.5) is 10.8 Å². The van der Waals surface area contributed by atoms with Gasteiger partial charge < -0.3 is 15.8 Å². The summed E-state index contributed by atoms with van der Waals surface area (Å²) in [5.74, 6) is -0.636. The number of ether oxygens (including phenoxy) is 1. The summed E-state index contributed by atoms with van der Waals surface area (Å²) >= 11 is 1.36. The van der Waals surface area contributed by atoms with Gasteiger partial charge in [0.15, 0.2) is 5.13 Å². The Hall–Kier alpha value is -2.15. The average Bonchev–Trinajstić information content (AvgIpc) is 2.75. The molecule has 1 amide bonds. The highest BCUT2D eigenvalue weighted by Crippen LogP contribution is 2.26. The van der Waals surface area contributed by atoms with Gasteiger partial charge >= 0.3 is 5.97 Å². The summed E-state index contributed by atoms with van der Waals surface area (Å²) in [4.78, 5) is 26.7. The van der Waals surface area contributed by atoms with E-state index in [0.717, 1.165) is 10.2 Å². The molecule has 0 radical (unpaired) electrons. The minimum Gasteiger partial charge on any atom is -0.469 e. The predicted octanol–water partition coefficient (Wildman–Crippen LogP) is 1.77. The molecule has 2 rings (SSSR count). The number of amides is 1. The lowest BCUT2D eigenvalue weighted by Crippen LogP contribution is -2.13. The van der Waals surface area contributed by atoms with Gasteiger partial charge in [0, 0.05) is 12.1 Å². The number of aromatic nitrogens is 1. The molecule has 0 spiro atoms. The Kier molecular flexibility index (Phi) is 3.96. The molecular weight excluding hydrogens is 266 g/mol. The van der Waals surface area contributed by atoms with Crippen LogP contribution in [0, 0.1) is 0 Å². The number of nitrogens with two attached hydrogens (primary N) is 1. The Morgan fingerprint density at radius 1 is 1.42 bits per heavy atom. The van der Waals surface area contributed by atoms with Crippen molar-refractivity contribution in [2.24, 2.45) is 0 Å². The largest absolute Gasteiger partial charge is 0.469 e. The third-order valence-corrected chi connectivity index (χ3v) is 3.32. The molecule has 6 nitrogen and oxygen atoms in total. The fourth-order valence-electron chi connectivity index (χ4n) is 1.56. The molecule has 0 saturated carbocycles. The van der Waals surface area contributed by atoms with Gasteiger partial charge in [0.25, 0.3) is 0 Å². The zero-order chi connectivity index (χ0) is 13.8. The van der Waals surface area contributed by atoms with Crippen LogP contribution in [-0.4, -0.2) is 24.0 Å². The number of hydrogen-bond donors (Lipinski definition) is 2. The number of fused-ring (bicyclic) bond motifs is 1. The average molecular weight is 279 g/mol. The monoisotopic (exact) mass is 279 g/mol. The second-order valence-electron chi connectivity index (χ2n) is 3.86. The van der Waals surface area contributed by atoms with Gasteiger partial charge in [0.05, 0.1) is 23.7 Å². The number of nitrogens with zero attached hydrogens (tertiary/aromatic N) is 1. The van der Waals surface area contributed by atoms with E-state index in [4.69, 9.17) is 5.73 Å². The van der Waals surface area contributed by atoms with Crippen molar-refractivity contribution < 1.29 is 14.3 Å². The molecule has 100 valence electrons. The molecule has 1 heterocycles. The van der Waals surface area contributed by atoms with Crippen LogP contribution < -0.4 is 11.1 Å². The Morgan fingerprint density at radius 2 is 2.21 bits per heavy atom. The van der Waals surface area contributed by atoms with Crippen LogP contribution in [0.1, 0.15) is 12.8 Å². The summed E-state index contributed by atoms with van der Waals surface area (Å²) in [6, 6.07) is 5.34. The highest BCUT2D eigenvalue weighted by atomic mass is 32.1. The van der Waals surface area contributed by atoms with Crippen molar-refractivity contribution in [2.75, 3.05) is 18.2 Å². The molecule has 19 heavy (non-hydrogen) atoms. The topological polar surface area (TPSA) is 94.3 Å². The number of carbonyl (C=O) groups excluding carboxylic acids is 2. The minimum absolute atomic E-state index is 0.0675. The first-order valence-electron chi connectivity index (χ1n) is 5.61. The summed E-state index contributed by atoms with van der Waals surface area (Å²) < 4.78 is 5.38. The molecule has 0 fully saturated rings. The first-order chi connectivity index (χ1) is 9.08. The maximum Gasteiger partial charge on any atom is 0.306 e. The highest BCUT2D eigenvalue weighted by Gasteiger charge is 2.08. The number of hydrogen-bond acceptors (Lipinski definition) is 6. The van der Waals surface area contributed by atoms with Crippen molar-refractivity contribution in [3.8, 4) is 0 Å². The lowest BCUT2D eigenvalue weighted by Gasteiger charge is -2.04. The smallest absolute Gasteiger partial charge is 0.306 e. The Balaban J connectivity index is 2.00. The van der Waals surface area contributed by atoms with E-state index in [1.54, 1.807) is 18.2 Å². The van der Waals surface area contributed by atoms with Gasteiger partial charge in [0.2, 0.25) is 5.91 Å². The van der Waals surface area contributed by atoms with E-state index in [1.165, 1.54) is 18.4 Å². The zero-order valence-electron chi connectivity index (χ0n) is 10.3. The van der Waals surface area contributed by atoms with Crippen LogP contribution in [-0.2, 0) is 14.3 Å². The van der Waals surface area contributed by atoms with Crippen LogP contribution >= 0.6 is 11.3 Å². The predicted molar refractivity (Wildman–Crippen MR) is 73.9 cm³/mol. The van der Waals surface area contributed by atoms with Crippen LogP contribution in [0.3, 0.4) is 0 Å². The van der Waals surface area contributed by atoms with E-state index < -0.39 is 5.97 Å². The molecule has 0 aliphatic rings. The standard InChI is InChI=1S/C12H13N3O3S/c1-18-11(17)5-4-10(16)14-7-2-3-8-9(6-7)19-12(13)15-8/h2-3,6H,4-5H2,1H3,(H2,13,15)(H,14,16). The zero-order valence-corrected chi connectivity index (χ0v) is 11.1. The van der Waals surface area contributed by atoms with Crippen LogP contribution in [0.5, 0.6) is 0 Å². The second-order valence-corrected chi connectivity index (χ2v) is 4.92. The van der Waals surface area contributed by atoms with Crippen molar-refractivity contribution in [3.05, 3.63) is 18.2 Å². The number of benzene rings is 1. The molecular formula is C12H13N3O3S. The first kappa shape index (κ1) is 13.3. The van der Waals surface area contributed by atoms with Crippen LogP contribution in [0.15, 0.2) is 18.2 Å². The molecule has 0 atom stereocenters. The summed E-state index contributed by atoms with van der Waals surface area (Å²) in [5, 5.41) is 3.20. The van der Waals surface area contributed by atoms with Crippen LogP contribution in [0.2, 0.25) is 0 Å². The van der Waals surface area contributed by atoms with E-state index in [2.05, 4.69) is 15.0 Å². The van der Waals surface area contributed by atoms with Crippen molar-refractivity contribution in [3.63, 3.8) is 0 Å². The van der Waals surface area contributed by atoms with Crippen molar-refractivity contribution >= 4 is 44.2 Å². The molecule has 0 aliphatic carbocycles. The number of carbonyl (C=O) groups is 2. The fraction of sp³-hybridized carbons (Fsp3) is 0.250. The Labute approximate surface area is 113 Å². The number of anilines is 2.